The van der Waals surface area contributed by atoms with Gasteiger partial charge in [0, 0.05) is 12.7 Å². The van der Waals surface area contributed by atoms with Gasteiger partial charge in [-0.15, -0.1) is 0 Å². The molecule has 0 spiro atoms. The summed E-state index contributed by atoms with van der Waals surface area (Å²) in [5.74, 6) is -0.510. The van der Waals surface area contributed by atoms with E-state index in [1.165, 1.54) is 12.4 Å². The Morgan fingerprint density at radius 3 is 2.79 bits per heavy atom. The minimum absolute atomic E-state index is 0.179. The van der Waals surface area contributed by atoms with Crippen LogP contribution in [0.25, 0.3) is 0 Å². The highest BCUT2D eigenvalue weighted by atomic mass is 16.6. The Morgan fingerprint density at radius 2 is 2.21 bits per heavy atom. The van der Waals surface area contributed by atoms with E-state index in [9.17, 15) is 9.59 Å². The van der Waals surface area contributed by atoms with Gasteiger partial charge in [0.15, 0.2) is 0 Å². The molecule has 0 aliphatic carbocycles. The van der Waals surface area contributed by atoms with E-state index in [2.05, 4.69) is 10.2 Å². The van der Waals surface area contributed by atoms with E-state index in [0.717, 1.165) is 6.42 Å². The number of carbonyl (C=O) groups excluding carboxylic acids is 2. The molecule has 0 bridgehead atoms. The summed E-state index contributed by atoms with van der Waals surface area (Å²) >= 11 is 0. The van der Waals surface area contributed by atoms with Crippen molar-refractivity contribution in [2.75, 3.05) is 6.54 Å². The van der Waals surface area contributed by atoms with Crippen LogP contribution in [0.2, 0.25) is 0 Å². The fourth-order valence-corrected chi connectivity index (χ4v) is 2.16. The van der Waals surface area contributed by atoms with Gasteiger partial charge in [0.25, 0.3) is 5.91 Å². The van der Waals surface area contributed by atoms with Gasteiger partial charge in [0.05, 0.1) is 11.8 Å². The zero-order valence-electron chi connectivity index (χ0n) is 11.5. The maximum absolute atomic E-state index is 12.2. The molecule has 1 aliphatic heterocycles. The van der Waals surface area contributed by atoms with Crippen LogP contribution in [0.15, 0.2) is 12.4 Å². The monoisotopic (exact) mass is 265 g/mol. The van der Waals surface area contributed by atoms with Crippen LogP contribution in [-0.2, 0) is 9.53 Å². The summed E-state index contributed by atoms with van der Waals surface area (Å²) < 4.78 is 5.36. The van der Waals surface area contributed by atoms with Crippen LogP contribution < -0.4 is 0 Å². The Morgan fingerprint density at radius 1 is 1.47 bits per heavy atom. The van der Waals surface area contributed by atoms with Gasteiger partial charge in [-0.25, -0.2) is 4.79 Å². The molecule has 1 fully saturated rings. The van der Waals surface area contributed by atoms with Gasteiger partial charge in [0.1, 0.15) is 11.6 Å². The second-order valence-electron chi connectivity index (χ2n) is 5.68. The molecule has 1 saturated heterocycles. The normalized spacial score (nSPS) is 19.5. The Bertz CT molecular complexity index is 462. The number of amides is 1. The lowest BCUT2D eigenvalue weighted by Gasteiger charge is -2.27. The molecule has 1 atom stereocenters. The van der Waals surface area contributed by atoms with Gasteiger partial charge in [-0.05, 0) is 33.6 Å². The molecular formula is C13H19N3O3. The van der Waals surface area contributed by atoms with Crippen LogP contribution in [0.3, 0.4) is 0 Å². The second kappa shape index (κ2) is 5.03. The van der Waals surface area contributed by atoms with E-state index in [-0.39, 0.29) is 11.9 Å². The number of rotatable bonds is 2. The molecule has 1 amide bonds. The first-order valence-corrected chi connectivity index (χ1v) is 6.41. The second-order valence-corrected chi connectivity index (χ2v) is 5.68. The Labute approximate surface area is 112 Å². The Kier molecular flexibility index (Phi) is 3.59. The van der Waals surface area contributed by atoms with Gasteiger partial charge in [-0.3, -0.25) is 9.89 Å². The summed E-state index contributed by atoms with van der Waals surface area (Å²) in [5.41, 5.74) is -0.0697. The number of ether oxygens (including phenoxy) is 1. The van der Waals surface area contributed by atoms with Crippen LogP contribution in [0.5, 0.6) is 0 Å². The summed E-state index contributed by atoms with van der Waals surface area (Å²) in [5, 5.41) is 6.36. The largest absolute Gasteiger partial charge is 0.458 e. The van der Waals surface area contributed by atoms with Crippen molar-refractivity contribution in [2.24, 2.45) is 0 Å². The first-order chi connectivity index (χ1) is 8.88. The van der Waals surface area contributed by atoms with E-state index in [4.69, 9.17) is 4.74 Å². The lowest BCUT2D eigenvalue weighted by atomic mass is 10.1. The first-order valence-electron chi connectivity index (χ1n) is 6.41. The molecule has 2 heterocycles. The Balaban J connectivity index is 2.09. The molecule has 19 heavy (non-hydrogen) atoms. The SMILES string of the molecule is CC(C)(C)OC(=O)[C@H]1CCCN1C(=O)c1cn[nH]c1. The predicted octanol–water partition coefficient (Wildman–Crippen LogP) is 1.36. The highest BCUT2D eigenvalue weighted by Crippen LogP contribution is 2.22. The molecule has 1 aromatic heterocycles. The number of esters is 1. The van der Waals surface area contributed by atoms with Crippen molar-refractivity contribution in [3.05, 3.63) is 18.0 Å². The third-order valence-electron chi connectivity index (χ3n) is 2.94. The van der Waals surface area contributed by atoms with Crippen molar-refractivity contribution in [2.45, 2.75) is 45.3 Å². The molecule has 104 valence electrons. The van der Waals surface area contributed by atoms with Gasteiger partial charge in [-0.2, -0.15) is 5.10 Å². The van der Waals surface area contributed by atoms with Crippen molar-refractivity contribution in [1.82, 2.24) is 15.1 Å². The number of hydrogen-bond donors (Lipinski definition) is 1. The van der Waals surface area contributed by atoms with Crippen LogP contribution in [0.4, 0.5) is 0 Å². The summed E-state index contributed by atoms with van der Waals surface area (Å²) in [6.07, 6.45) is 4.46. The minimum Gasteiger partial charge on any atom is -0.458 e. The minimum atomic E-state index is -0.538. The van der Waals surface area contributed by atoms with Crippen molar-refractivity contribution < 1.29 is 14.3 Å². The van der Waals surface area contributed by atoms with E-state index in [1.807, 2.05) is 20.8 Å². The topological polar surface area (TPSA) is 75.3 Å². The van der Waals surface area contributed by atoms with Crippen LogP contribution in [0.1, 0.15) is 44.0 Å². The summed E-state index contributed by atoms with van der Waals surface area (Å²) in [4.78, 5) is 25.9. The van der Waals surface area contributed by atoms with E-state index in [1.54, 1.807) is 4.90 Å². The quantitative estimate of drug-likeness (QED) is 0.819. The van der Waals surface area contributed by atoms with Gasteiger partial charge >= 0.3 is 5.97 Å². The van der Waals surface area contributed by atoms with Crippen molar-refractivity contribution >= 4 is 11.9 Å². The van der Waals surface area contributed by atoms with Crippen molar-refractivity contribution in [3.63, 3.8) is 0 Å². The zero-order chi connectivity index (χ0) is 14.0. The van der Waals surface area contributed by atoms with Gasteiger partial charge < -0.3 is 9.64 Å². The highest BCUT2D eigenvalue weighted by molar-refractivity contribution is 5.96. The number of aromatic nitrogens is 2. The summed E-state index contributed by atoms with van der Waals surface area (Å²) in [6.45, 7) is 6.04. The van der Waals surface area contributed by atoms with E-state index in [0.29, 0.717) is 18.5 Å². The molecule has 2 rings (SSSR count). The Hall–Kier alpha value is -1.85. The predicted molar refractivity (Wildman–Crippen MR) is 68.5 cm³/mol. The van der Waals surface area contributed by atoms with Gasteiger partial charge in [0.2, 0.25) is 0 Å². The molecule has 6 nitrogen and oxygen atoms in total. The van der Waals surface area contributed by atoms with Crippen LogP contribution in [0, 0.1) is 0 Å². The lowest BCUT2D eigenvalue weighted by Crippen LogP contribution is -2.43. The molecule has 0 aromatic carbocycles. The maximum Gasteiger partial charge on any atom is 0.329 e. The molecule has 1 N–H and O–H groups in total. The molecular weight excluding hydrogens is 246 g/mol. The average molecular weight is 265 g/mol. The number of nitrogens with one attached hydrogen (secondary N) is 1. The fraction of sp³-hybridized carbons (Fsp3) is 0.615. The third-order valence-corrected chi connectivity index (χ3v) is 2.94. The number of likely N-dealkylation sites (tertiary alicyclic amines) is 1. The molecule has 1 aromatic rings. The van der Waals surface area contributed by atoms with Crippen LogP contribution in [-0.4, -0.2) is 45.2 Å². The fourth-order valence-electron chi connectivity index (χ4n) is 2.16. The number of carbonyl (C=O) groups is 2. The maximum atomic E-state index is 12.2. The molecule has 0 saturated carbocycles. The number of aromatic amines is 1. The molecule has 1 aliphatic rings. The lowest BCUT2D eigenvalue weighted by molar-refractivity contribution is -0.159. The summed E-state index contributed by atoms with van der Waals surface area (Å²) in [7, 11) is 0. The number of nitrogens with zero attached hydrogens (tertiary/aromatic N) is 2. The molecule has 0 unspecified atom stereocenters. The van der Waals surface area contributed by atoms with Gasteiger partial charge in [-0.1, -0.05) is 0 Å². The van der Waals surface area contributed by atoms with Crippen LogP contribution >= 0.6 is 0 Å². The van der Waals surface area contributed by atoms with E-state index >= 15 is 0 Å². The zero-order valence-corrected chi connectivity index (χ0v) is 11.5. The first kappa shape index (κ1) is 13.6. The average Bonchev–Trinajstić information content (AvgIpc) is 2.97. The third kappa shape index (κ3) is 3.13. The van der Waals surface area contributed by atoms with Crippen molar-refractivity contribution in [3.8, 4) is 0 Å². The van der Waals surface area contributed by atoms with E-state index < -0.39 is 11.6 Å². The van der Waals surface area contributed by atoms with Crippen molar-refractivity contribution in [1.29, 1.82) is 0 Å². The number of hydrogen-bond acceptors (Lipinski definition) is 4. The number of H-pyrrole nitrogens is 1. The highest BCUT2D eigenvalue weighted by Gasteiger charge is 2.37. The standard InChI is InChI=1S/C13H19N3O3/c1-13(2,3)19-12(18)10-5-4-6-16(10)11(17)9-7-14-15-8-9/h7-8,10H,4-6H2,1-3H3,(H,14,15)/t10-/m1/s1. The molecule has 0 radical (unpaired) electrons. The smallest absolute Gasteiger partial charge is 0.329 e. The molecule has 6 heteroatoms. The summed E-state index contributed by atoms with van der Waals surface area (Å²) in [6, 6.07) is -0.485.